The van der Waals surface area contributed by atoms with E-state index >= 15 is 0 Å². The number of carbonyl (C=O) groups excluding carboxylic acids is 1. The van der Waals surface area contributed by atoms with Crippen molar-refractivity contribution in [1.82, 2.24) is 5.32 Å². The molecule has 2 rings (SSSR count). The van der Waals surface area contributed by atoms with Gasteiger partial charge in [-0.3, -0.25) is 4.79 Å². The van der Waals surface area contributed by atoms with Crippen molar-refractivity contribution in [3.05, 3.63) is 16.5 Å². The Morgan fingerprint density at radius 1 is 1.53 bits per heavy atom. The van der Waals surface area contributed by atoms with Gasteiger partial charge < -0.3 is 11.1 Å². The molecule has 1 amide bonds. The van der Waals surface area contributed by atoms with Gasteiger partial charge in [-0.25, -0.2) is 0 Å². The summed E-state index contributed by atoms with van der Waals surface area (Å²) < 4.78 is 0. The average molecular weight is 224 g/mol. The minimum Gasteiger partial charge on any atom is -0.390 e. The van der Waals surface area contributed by atoms with Crippen LogP contribution in [0.3, 0.4) is 0 Å². The van der Waals surface area contributed by atoms with Gasteiger partial charge in [0.2, 0.25) is 0 Å². The van der Waals surface area contributed by atoms with Crippen molar-refractivity contribution >= 4 is 22.2 Å². The van der Waals surface area contributed by atoms with Gasteiger partial charge in [-0.2, -0.15) is 0 Å². The van der Waals surface area contributed by atoms with Crippen LogP contribution in [0.4, 0.5) is 5.00 Å². The fourth-order valence-corrected chi connectivity index (χ4v) is 3.18. The van der Waals surface area contributed by atoms with Crippen LogP contribution in [0.15, 0.2) is 5.38 Å². The first kappa shape index (κ1) is 10.5. The number of amides is 1. The molecule has 0 aliphatic heterocycles. The number of hydrogen-bond acceptors (Lipinski definition) is 3. The molecule has 0 atom stereocenters. The second-order valence-electron chi connectivity index (χ2n) is 3.99. The van der Waals surface area contributed by atoms with Crippen LogP contribution in [0, 0.1) is 0 Å². The lowest BCUT2D eigenvalue weighted by Crippen LogP contribution is -2.20. The maximum Gasteiger partial charge on any atom is 0.254 e. The quantitative estimate of drug-likeness (QED) is 0.810. The molecular weight excluding hydrogens is 208 g/mol. The molecule has 0 spiro atoms. The molecule has 0 bridgehead atoms. The van der Waals surface area contributed by atoms with Crippen molar-refractivity contribution in [2.45, 2.75) is 31.6 Å². The molecule has 1 fully saturated rings. The highest BCUT2D eigenvalue weighted by Crippen LogP contribution is 2.39. The van der Waals surface area contributed by atoms with Gasteiger partial charge in [0.25, 0.3) is 5.91 Å². The van der Waals surface area contributed by atoms with Crippen molar-refractivity contribution < 1.29 is 4.79 Å². The zero-order valence-electron chi connectivity index (χ0n) is 8.88. The highest BCUT2D eigenvalue weighted by atomic mass is 32.1. The van der Waals surface area contributed by atoms with Gasteiger partial charge in [-0.05, 0) is 29.7 Å². The maximum atomic E-state index is 11.7. The summed E-state index contributed by atoms with van der Waals surface area (Å²) in [4.78, 5) is 11.7. The first-order chi connectivity index (χ1) is 7.24. The third-order valence-corrected chi connectivity index (χ3v) is 3.93. The summed E-state index contributed by atoms with van der Waals surface area (Å²) in [5, 5.41) is 5.36. The Hall–Kier alpha value is -1.03. The molecule has 4 heteroatoms. The van der Waals surface area contributed by atoms with E-state index in [1.807, 2.05) is 0 Å². The van der Waals surface area contributed by atoms with E-state index in [1.54, 1.807) is 7.05 Å². The normalized spacial score (nSPS) is 16.9. The topological polar surface area (TPSA) is 55.1 Å². The van der Waals surface area contributed by atoms with Gasteiger partial charge in [-0.1, -0.05) is 12.8 Å². The van der Waals surface area contributed by atoms with E-state index in [1.165, 1.54) is 37.0 Å². The van der Waals surface area contributed by atoms with Crippen LogP contribution >= 0.6 is 11.3 Å². The number of nitrogen functional groups attached to an aromatic ring is 1. The van der Waals surface area contributed by atoms with E-state index in [0.29, 0.717) is 10.9 Å². The monoisotopic (exact) mass is 224 g/mol. The van der Waals surface area contributed by atoms with Gasteiger partial charge in [0.1, 0.15) is 0 Å². The summed E-state index contributed by atoms with van der Waals surface area (Å²) in [7, 11) is 1.65. The van der Waals surface area contributed by atoms with Gasteiger partial charge in [-0.15, -0.1) is 11.3 Å². The number of nitrogens with one attached hydrogen (secondary N) is 1. The van der Waals surface area contributed by atoms with Crippen LogP contribution in [0.25, 0.3) is 0 Å². The first-order valence-electron chi connectivity index (χ1n) is 5.33. The summed E-state index contributed by atoms with van der Waals surface area (Å²) in [5.41, 5.74) is 7.72. The lowest BCUT2D eigenvalue weighted by Gasteiger charge is -2.10. The summed E-state index contributed by atoms with van der Waals surface area (Å²) in [5.74, 6) is 0.501. The third kappa shape index (κ3) is 1.86. The van der Waals surface area contributed by atoms with Crippen LogP contribution in [0.2, 0.25) is 0 Å². The molecule has 1 aliphatic rings. The predicted octanol–water partition coefficient (Wildman–Crippen LogP) is 2.35. The molecule has 0 saturated heterocycles. The van der Waals surface area contributed by atoms with Gasteiger partial charge in [0, 0.05) is 7.05 Å². The minimum absolute atomic E-state index is 0.0457. The van der Waals surface area contributed by atoms with Gasteiger partial charge >= 0.3 is 0 Å². The number of anilines is 1. The molecule has 1 aromatic heterocycles. The minimum atomic E-state index is -0.0457. The number of rotatable bonds is 2. The van der Waals surface area contributed by atoms with Crippen molar-refractivity contribution in [3.8, 4) is 0 Å². The van der Waals surface area contributed by atoms with Gasteiger partial charge in [0.05, 0.1) is 10.6 Å². The number of nitrogens with two attached hydrogens (primary N) is 1. The molecule has 1 saturated carbocycles. The second kappa shape index (κ2) is 4.23. The maximum absolute atomic E-state index is 11.7. The zero-order chi connectivity index (χ0) is 10.8. The Balaban J connectivity index is 2.34. The second-order valence-corrected chi connectivity index (χ2v) is 4.90. The van der Waals surface area contributed by atoms with E-state index in [0.717, 1.165) is 11.1 Å². The Bertz CT molecular complexity index is 367. The number of hydrogen-bond donors (Lipinski definition) is 2. The van der Waals surface area contributed by atoms with E-state index in [9.17, 15) is 4.79 Å². The van der Waals surface area contributed by atoms with E-state index in [-0.39, 0.29) is 5.91 Å². The summed E-state index contributed by atoms with van der Waals surface area (Å²) >= 11 is 1.48. The number of carbonyl (C=O) groups is 1. The lowest BCUT2D eigenvalue weighted by atomic mass is 9.96. The van der Waals surface area contributed by atoms with Gasteiger partial charge in [0.15, 0.2) is 0 Å². The molecular formula is C11H16N2OS. The molecule has 1 aliphatic carbocycles. The highest BCUT2D eigenvalue weighted by Gasteiger charge is 2.25. The first-order valence-corrected chi connectivity index (χ1v) is 6.21. The predicted molar refractivity (Wildman–Crippen MR) is 63.3 cm³/mol. The molecule has 0 unspecified atom stereocenters. The molecule has 82 valence electrons. The van der Waals surface area contributed by atoms with Crippen molar-refractivity contribution in [1.29, 1.82) is 0 Å². The fourth-order valence-electron chi connectivity index (χ4n) is 2.29. The van der Waals surface area contributed by atoms with Crippen molar-refractivity contribution in [2.75, 3.05) is 12.8 Å². The lowest BCUT2D eigenvalue weighted by molar-refractivity contribution is 0.0963. The van der Waals surface area contributed by atoms with Crippen molar-refractivity contribution in [3.63, 3.8) is 0 Å². The van der Waals surface area contributed by atoms with E-state index in [2.05, 4.69) is 10.7 Å². The third-order valence-electron chi connectivity index (χ3n) is 3.10. The molecule has 3 N–H and O–H groups in total. The summed E-state index contributed by atoms with van der Waals surface area (Å²) in [6.07, 6.45) is 4.93. The van der Waals surface area contributed by atoms with Crippen molar-refractivity contribution in [2.24, 2.45) is 0 Å². The average Bonchev–Trinajstić information content (AvgIpc) is 2.85. The van der Waals surface area contributed by atoms with Crippen LogP contribution in [-0.4, -0.2) is 13.0 Å². The summed E-state index contributed by atoms with van der Waals surface area (Å²) in [6.45, 7) is 0. The smallest absolute Gasteiger partial charge is 0.254 e. The van der Waals surface area contributed by atoms with Crippen LogP contribution in [0.5, 0.6) is 0 Å². The Kier molecular flexibility index (Phi) is 2.95. The summed E-state index contributed by atoms with van der Waals surface area (Å²) in [6, 6.07) is 0. The van der Waals surface area contributed by atoms with Crippen LogP contribution in [-0.2, 0) is 0 Å². The highest BCUT2D eigenvalue weighted by molar-refractivity contribution is 7.14. The van der Waals surface area contributed by atoms with Crippen LogP contribution < -0.4 is 11.1 Å². The largest absolute Gasteiger partial charge is 0.390 e. The molecule has 1 heterocycles. The number of thiophene rings is 1. The fraction of sp³-hybridized carbons (Fsp3) is 0.545. The molecule has 15 heavy (non-hydrogen) atoms. The Labute approximate surface area is 93.7 Å². The van der Waals surface area contributed by atoms with Crippen LogP contribution in [0.1, 0.15) is 47.5 Å². The SMILES string of the molecule is CNC(=O)c1c(C2CCCC2)csc1N. The standard InChI is InChI=1S/C11H16N2OS/c1-13-11(14)9-8(6-15-10(9)12)7-4-2-3-5-7/h6-7H,2-5,12H2,1H3,(H,13,14). The molecule has 0 radical (unpaired) electrons. The Morgan fingerprint density at radius 3 is 2.80 bits per heavy atom. The van der Waals surface area contributed by atoms with E-state index in [4.69, 9.17) is 5.73 Å². The van der Waals surface area contributed by atoms with E-state index < -0.39 is 0 Å². The zero-order valence-corrected chi connectivity index (χ0v) is 9.69. The Morgan fingerprint density at radius 2 is 2.20 bits per heavy atom. The molecule has 3 nitrogen and oxygen atoms in total. The molecule has 0 aromatic carbocycles. The molecule has 1 aromatic rings.